The molecule has 0 saturated carbocycles. The molecule has 0 aliphatic rings. The zero-order valence-electron chi connectivity index (χ0n) is 11.8. The molecule has 0 amide bonds. The van der Waals surface area contributed by atoms with Crippen LogP contribution in [0.15, 0.2) is 48.5 Å². The maximum Gasteiger partial charge on any atom is 0.513 e. The molecule has 6 nitrogen and oxygen atoms in total. The number of benzene rings is 2. The summed E-state index contributed by atoms with van der Waals surface area (Å²) >= 11 is 0. The van der Waals surface area contributed by atoms with E-state index < -0.39 is 12.1 Å². The van der Waals surface area contributed by atoms with Crippen molar-refractivity contribution in [2.75, 3.05) is 6.61 Å². The molecule has 0 aromatic heterocycles. The lowest BCUT2D eigenvalue weighted by Crippen LogP contribution is -2.09. The highest BCUT2D eigenvalue weighted by Crippen LogP contribution is 2.25. The van der Waals surface area contributed by atoms with Gasteiger partial charge >= 0.3 is 12.1 Å². The number of hydrogen-bond acceptors (Lipinski definition) is 5. The maximum atomic E-state index is 11.2. The van der Waals surface area contributed by atoms with E-state index in [4.69, 9.17) is 14.6 Å². The van der Waals surface area contributed by atoms with Gasteiger partial charge in [-0.2, -0.15) is 0 Å². The number of carbonyl (C=O) groups is 2. The van der Waals surface area contributed by atoms with Gasteiger partial charge in [-0.3, -0.25) is 0 Å². The summed E-state index contributed by atoms with van der Waals surface area (Å²) in [5, 5.41) is 8.83. The van der Waals surface area contributed by atoms with Crippen LogP contribution in [-0.4, -0.2) is 23.8 Å². The average molecular weight is 302 g/mol. The summed E-state index contributed by atoms with van der Waals surface area (Å²) in [7, 11) is 0. The molecule has 0 saturated heterocycles. The van der Waals surface area contributed by atoms with Gasteiger partial charge in [0.05, 0.1) is 12.2 Å². The van der Waals surface area contributed by atoms with Crippen LogP contribution in [0.25, 0.3) is 0 Å². The van der Waals surface area contributed by atoms with Gasteiger partial charge in [0, 0.05) is 6.07 Å². The van der Waals surface area contributed by atoms with Gasteiger partial charge in [0.25, 0.3) is 0 Å². The Balaban J connectivity index is 2.06. The van der Waals surface area contributed by atoms with E-state index in [1.165, 1.54) is 18.2 Å². The van der Waals surface area contributed by atoms with Crippen LogP contribution in [0, 0.1) is 0 Å². The Morgan fingerprint density at radius 2 is 1.68 bits per heavy atom. The normalized spacial score (nSPS) is 9.86. The van der Waals surface area contributed by atoms with Crippen LogP contribution >= 0.6 is 0 Å². The molecule has 1 N–H and O–H groups in total. The Morgan fingerprint density at radius 3 is 2.32 bits per heavy atom. The summed E-state index contributed by atoms with van der Waals surface area (Å²) in [6.45, 7) is 1.91. The Bertz CT molecular complexity index is 663. The van der Waals surface area contributed by atoms with Crippen molar-refractivity contribution in [1.82, 2.24) is 0 Å². The first-order chi connectivity index (χ1) is 10.6. The molecule has 0 heterocycles. The third kappa shape index (κ3) is 4.24. The third-order valence-electron chi connectivity index (χ3n) is 2.61. The molecular weight excluding hydrogens is 288 g/mol. The summed E-state index contributed by atoms with van der Waals surface area (Å²) in [4.78, 5) is 22.0. The van der Waals surface area contributed by atoms with E-state index in [2.05, 4.69) is 4.74 Å². The van der Waals surface area contributed by atoms with Crippen molar-refractivity contribution in [3.8, 4) is 17.2 Å². The van der Waals surface area contributed by atoms with Crippen molar-refractivity contribution < 1.29 is 28.9 Å². The number of carboxylic acids is 1. The molecule has 2 rings (SSSR count). The minimum atomic E-state index is -1.00. The second-order valence-electron chi connectivity index (χ2n) is 4.19. The zero-order valence-corrected chi connectivity index (χ0v) is 11.8. The van der Waals surface area contributed by atoms with Crippen molar-refractivity contribution >= 4 is 12.1 Å². The average Bonchev–Trinajstić information content (AvgIpc) is 2.48. The SMILES string of the molecule is CCOC(=O)Oc1cccc(Oc2ccc(C(=O)O)cc2)c1. The predicted octanol–water partition coefficient (Wildman–Crippen LogP) is 3.71. The molecule has 0 fully saturated rings. The molecule has 0 radical (unpaired) electrons. The van der Waals surface area contributed by atoms with Gasteiger partial charge < -0.3 is 19.3 Å². The van der Waals surface area contributed by atoms with Gasteiger partial charge in [-0.1, -0.05) is 6.07 Å². The summed E-state index contributed by atoms with van der Waals surface area (Å²) in [6.07, 6.45) is -0.787. The lowest BCUT2D eigenvalue weighted by atomic mass is 10.2. The molecule has 0 aliphatic carbocycles. The van der Waals surface area contributed by atoms with Crippen molar-refractivity contribution in [3.05, 3.63) is 54.1 Å². The van der Waals surface area contributed by atoms with Crippen molar-refractivity contribution in [2.45, 2.75) is 6.92 Å². The van der Waals surface area contributed by atoms with Crippen molar-refractivity contribution in [3.63, 3.8) is 0 Å². The van der Waals surface area contributed by atoms with E-state index >= 15 is 0 Å². The molecule has 0 unspecified atom stereocenters. The summed E-state index contributed by atoms with van der Waals surface area (Å²) in [5.41, 5.74) is 0.173. The van der Waals surface area contributed by atoms with E-state index in [1.54, 1.807) is 37.3 Å². The summed E-state index contributed by atoms with van der Waals surface area (Å²) in [6, 6.07) is 12.4. The highest BCUT2D eigenvalue weighted by atomic mass is 16.7. The van der Waals surface area contributed by atoms with Gasteiger partial charge in [-0.25, -0.2) is 9.59 Å². The van der Waals surface area contributed by atoms with Crippen LogP contribution in [0.4, 0.5) is 4.79 Å². The minimum absolute atomic E-state index is 0.173. The van der Waals surface area contributed by atoms with Crippen LogP contribution < -0.4 is 9.47 Å². The van der Waals surface area contributed by atoms with Crippen LogP contribution in [0.3, 0.4) is 0 Å². The van der Waals surface area contributed by atoms with Gasteiger partial charge in [0.1, 0.15) is 17.2 Å². The number of hydrogen-bond donors (Lipinski definition) is 1. The van der Waals surface area contributed by atoms with E-state index in [9.17, 15) is 9.59 Å². The standard InChI is InChI=1S/C16H14O6/c1-2-20-16(19)22-14-5-3-4-13(10-14)21-12-8-6-11(7-9-12)15(17)18/h3-10H,2H2,1H3,(H,17,18). The maximum absolute atomic E-state index is 11.2. The van der Waals surface area contributed by atoms with Gasteiger partial charge in [0.2, 0.25) is 0 Å². The zero-order chi connectivity index (χ0) is 15.9. The largest absolute Gasteiger partial charge is 0.513 e. The predicted molar refractivity (Wildman–Crippen MR) is 77.6 cm³/mol. The first-order valence-corrected chi connectivity index (χ1v) is 6.54. The van der Waals surface area contributed by atoms with Crippen molar-refractivity contribution in [1.29, 1.82) is 0 Å². The topological polar surface area (TPSA) is 82.1 Å². The number of aromatic carboxylic acids is 1. The second kappa shape index (κ2) is 7.12. The minimum Gasteiger partial charge on any atom is -0.478 e. The van der Waals surface area contributed by atoms with Crippen molar-refractivity contribution in [2.24, 2.45) is 0 Å². The smallest absolute Gasteiger partial charge is 0.478 e. The van der Waals surface area contributed by atoms with Crippen LogP contribution in [0.2, 0.25) is 0 Å². The molecular formula is C16H14O6. The summed E-state index contributed by atoms with van der Waals surface area (Å²) < 4.78 is 15.2. The highest BCUT2D eigenvalue weighted by molar-refractivity contribution is 5.87. The second-order valence-corrected chi connectivity index (χ2v) is 4.19. The quantitative estimate of drug-likeness (QED) is 0.669. The van der Waals surface area contributed by atoms with E-state index in [0.29, 0.717) is 11.5 Å². The van der Waals surface area contributed by atoms with Crippen LogP contribution in [0.1, 0.15) is 17.3 Å². The first kappa shape index (κ1) is 15.4. The van der Waals surface area contributed by atoms with E-state index in [1.807, 2.05) is 0 Å². The van der Waals surface area contributed by atoms with Gasteiger partial charge in [-0.05, 0) is 43.3 Å². The third-order valence-corrected chi connectivity index (χ3v) is 2.61. The molecule has 6 heteroatoms. The number of rotatable bonds is 5. The highest BCUT2D eigenvalue weighted by Gasteiger charge is 2.07. The Hall–Kier alpha value is -3.02. The molecule has 0 bridgehead atoms. The Kier molecular flexibility index (Phi) is 4.98. The number of carbonyl (C=O) groups excluding carboxylic acids is 1. The molecule has 2 aromatic carbocycles. The Labute approximate surface area is 126 Å². The lowest BCUT2D eigenvalue weighted by Gasteiger charge is -2.08. The van der Waals surface area contributed by atoms with Crippen LogP contribution in [0.5, 0.6) is 17.2 Å². The molecule has 0 atom stereocenters. The lowest BCUT2D eigenvalue weighted by molar-refractivity contribution is 0.0696. The summed E-state index contributed by atoms with van der Waals surface area (Å²) in [5.74, 6) is 0.206. The monoisotopic (exact) mass is 302 g/mol. The molecule has 0 aliphatic heterocycles. The van der Waals surface area contributed by atoms with Gasteiger partial charge in [-0.15, -0.1) is 0 Å². The van der Waals surface area contributed by atoms with E-state index in [0.717, 1.165) is 0 Å². The molecule has 0 spiro atoms. The van der Waals surface area contributed by atoms with E-state index in [-0.39, 0.29) is 17.9 Å². The fraction of sp³-hybridized carbons (Fsp3) is 0.125. The molecule has 114 valence electrons. The first-order valence-electron chi connectivity index (χ1n) is 6.54. The fourth-order valence-electron chi connectivity index (χ4n) is 1.65. The van der Waals surface area contributed by atoms with Gasteiger partial charge in [0.15, 0.2) is 0 Å². The molecule has 2 aromatic rings. The Morgan fingerprint density at radius 1 is 1.00 bits per heavy atom. The van der Waals surface area contributed by atoms with Crippen LogP contribution in [-0.2, 0) is 4.74 Å². The number of ether oxygens (including phenoxy) is 3. The molecule has 22 heavy (non-hydrogen) atoms. The fourth-order valence-corrected chi connectivity index (χ4v) is 1.65. The number of carboxylic acid groups (broad SMARTS) is 1.